The molecule has 10 heteroatoms. The second-order valence-electron chi connectivity index (χ2n) is 6.94. The Morgan fingerprint density at radius 1 is 1.03 bits per heavy atom. The molecule has 2 aromatic rings. The fourth-order valence-corrected chi connectivity index (χ4v) is 5.50. The zero-order valence-electron chi connectivity index (χ0n) is 16.8. The molecule has 0 aromatic heterocycles. The second-order valence-corrected chi connectivity index (χ2v) is 10.9. The zero-order valence-corrected chi connectivity index (χ0v) is 18.4. The Kier molecular flexibility index (Phi) is 6.61. The fourth-order valence-electron chi connectivity index (χ4n) is 3.14. The molecule has 1 saturated heterocycles. The summed E-state index contributed by atoms with van der Waals surface area (Å²) in [6, 6.07) is 10.4. The van der Waals surface area contributed by atoms with Crippen molar-refractivity contribution in [2.75, 3.05) is 37.9 Å². The second kappa shape index (κ2) is 8.84. The molecule has 8 nitrogen and oxygen atoms in total. The molecular formula is C20H24N2O6S2. The summed E-state index contributed by atoms with van der Waals surface area (Å²) < 4.78 is 55.9. The Morgan fingerprint density at radius 2 is 1.67 bits per heavy atom. The van der Waals surface area contributed by atoms with E-state index in [1.54, 1.807) is 12.1 Å². The number of anilines is 1. The highest BCUT2D eigenvalue weighted by Crippen LogP contribution is 2.24. The van der Waals surface area contributed by atoms with Gasteiger partial charge in [0.05, 0.1) is 23.0 Å². The lowest BCUT2D eigenvalue weighted by molar-refractivity contribution is 0.0730. The Morgan fingerprint density at radius 3 is 2.23 bits per heavy atom. The number of aryl methyl sites for hydroxylation is 1. The summed E-state index contributed by atoms with van der Waals surface area (Å²) in [5.41, 5.74) is 1.24. The smallest absolute Gasteiger partial charge is 0.255 e. The minimum atomic E-state index is -3.75. The van der Waals surface area contributed by atoms with Gasteiger partial charge in [0.2, 0.25) is 10.0 Å². The molecule has 162 valence electrons. The van der Waals surface area contributed by atoms with Crippen LogP contribution in [0.25, 0.3) is 0 Å². The van der Waals surface area contributed by atoms with E-state index in [2.05, 4.69) is 5.32 Å². The highest BCUT2D eigenvalue weighted by molar-refractivity contribution is 7.90. The number of nitrogens with one attached hydrogen (secondary N) is 1. The lowest BCUT2D eigenvalue weighted by atomic mass is 10.1. The molecule has 3 rings (SSSR count). The van der Waals surface area contributed by atoms with E-state index in [0.717, 1.165) is 6.26 Å². The predicted molar refractivity (Wildman–Crippen MR) is 113 cm³/mol. The van der Waals surface area contributed by atoms with E-state index in [-0.39, 0.29) is 28.4 Å². The normalized spacial score (nSPS) is 15.7. The largest absolute Gasteiger partial charge is 0.379 e. The summed E-state index contributed by atoms with van der Waals surface area (Å²) in [4.78, 5) is 13.0. The predicted octanol–water partition coefficient (Wildman–Crippen LogP) is 1.93. The van der Waals surface area contributed by atoms with E-state index in [9.17, 15) is 21.6 Å². The van der Waals surface area contributed by atoms with E-state index in [1.807, 2.05) is 6.92 Å². The Hall–Kier alpha value is -2.27. The van der Waals surface area contributed by atoms with Crippen LogP contribution in [0.5, 0.6) is 0 Å². The first-order valence-electron chi connectivity index (χ1n) is 9.45. The number of morpholine rings is 1. The van der Waals surface area contributed by atoms with Crippen LogP contribution in [0.4, 0.5) is 5.69 Å². The third-order valence-corrected chi connectivity index (χ3v) is 7.95. The van der Waals surface area contributed by atoms with Crippen LogP contribution in [0.2, 0.25) is 0 Å². The van der Waals surface area contributed by atoms with Crippen molar-refractivity contribution in [2.24, 2.45) is 0 Å². The summed E-state index contributed by atoms with van der Waals surface area (Å²) in [7, 11) is -7.08. The van der Waals surface area contributed by atoms with Crippen molar-refractivity contribution in [3.63, 3.8) is 0 Å². The van der Waals surface area contributed by atoms with Crippen molar-refractivity contribution in [3.8, 4) is 0 Å². The van der Waals surface area contributed by atoms with Gasteiger partial charge in [-0.1, -0.05) is 13.0 Å². The van der Waals surface area contributed by atoms with E-state index < -0.39 is 25.8 Å². The van der Waals surface area contributed by atoms with Gasteiger partial charge >= 0.3 is 0 Å². The quantitative estimate of drug-likeness (QED) is 0.717. The fraction of sp³-hybridized carbons (Fsp3) is 0.350. The van der Waals surface area contributed by atoms with Crippen molar-refractivity contribution in [2.45, 2.75) is 23.1 Å². The number of hydrogen-bond acceptors (Lipinski definition) is 6. The minimum absolute atomic E-state index is 0.118. The molecular weight excluding hydrogens is 428 g/mol. The number of amides is 1. The van der Waals surface area contributed by atoms with Gasteiger partial charge in [-0.15, -0.1) is 0 Å². The maximum atomic E-state index is 13.1. The van der Waals surface area contributed by atoms with Gasteiger partial charge in [0.15, 0.2) is 9.84 Å². The third-order valence-electron chi connectivity index (χ3n) is 4.84. The molecule has 0 bridgehead atoms. The maximum Gasteiger partial charge on any atom is 0.255 e. The first-order chi connectivity index (χ1) is 14.1. The first-order valence-corrected chi connectivity index (χ1v) is 12.8. The van der Waals surface area contributed by atoms with Crippen molar-refractivity contribution >= 4 is 31.5 Å². The van der Waals surface area contributed by atoms with Crippen molar-refractivity contribution in [3.05, 3.63) is 53.6 Å². The van der Waals surface area contributed by atoms with E-state index >= 15 is 0 Å². The van der Waals surface area contributed by atoms with Crippen LogP contribution in [-0.4, -0.2) is 59.6 Å². The number of sulfonamides is 1. The van der Waals surface area contributed by atoms with Crippen molar-refractivity contribution < 1.29 is 26.4 Å². The minimum Gasteiger partial charge on any atom is -0.379 e. The molecule has 0 aliphatic carbocycles. The van der Waals surface area contributed by atoms with Gasteiger partial charge in [0, 0.05) is 30.6 Å². The van der Waals surface area contributed by atoms with Gasteiger partial charge in [0.1, 0.15) is 0 Å². The molecule has 1 aliphatic heterocycles. The highest BCUT2D eigenvalue weighted by Gasteiger charge is 2.29. The molecule has 0 atom stereocenters. The lowest BCUT2D eigenvalue weighted by Crippen LogP contribution is -2.41. The van der Waals surface area contributed by atoms with E-state index in [0.29, 0.717) is 30.9 Å². The van der Waals surface area contributed by atoms with Gasteiger partial charge in [-0.25, -0.2) is 16.8 Å². The van der Waals surface area contributed by atoms with Crippen molar-refractivity contribution in [1.82, 2.24) is 4.31 Å². The summed E-state index contributed by atoms with van der Waals surface area (Å²) in [5, 5.41) is 2.67. The lowest BCUT2D eigenvalue weighted by Gasteiger charge is -2.27. The number of rotatable bonds is 6. The third kappa shape index (κ3) is 4.89. The van der Waals surface area contributed by atoms with Crippen LogP contribution < -0.4 is 5.32 Å². The number of carbonyl (C=O) groups excluding carboxylic acids is 1. The number of hydrogen-bond donors (Lipinski definition) is 1. The highest BCUT2D eigenvalue weighted by atomic mass is 32.2. The van der Waals surface area contributed by atoms with Gasteiger partial charge < -0.3 is 10.1 Å². The molecule has 1 N–H and O–H groups in total. The summed E-state index contributed by atoms with van der Waals surface area (Å²) in [6.07, 6.45) is 1.61. The van der Waals surface area contributed by atoms with Crippen LogP contribution in [0, 0.1) is 0 Å². The van der Waals surface area contributed by atoms with E-state index in [1.165, 1.54) is 34.6 Å². The Balaban J connectivity index is 1.87. The molecule has 1 amide bonds. The zero-order chi connectivity index (χ0) is 21.9. The van der Waals surface area contributed by atoms with Gasteiger partial charge in [-0.2, -0.15) is 4.31 Å². The Labute approximate surface area is 176 Å². The molecule has 0 spiro atoms. The first kappa shape index (κ1) is 22.4. The van der Waals surface area contributed by atoms with Crippen molar-refractivity contribution in [1.29, 1.82) is 0 Å². The van der Waals surface area contributed by atoms with Crippen LogP contribution in [-0.2, 0) is 31.0 Å². The number of carbonyl (C=O) groups is 1. The van der Waals surface area contributed by atoms with Crippen LogP contribution >= 0.6 is 0 Å². The molecule has 2 aromatic carbocycles. The summed E-state index contributed by atoms with van der Waals surface area (Å²) in [6.45, 7) is 3.08. The molecule has 1 heterocycles. The summed E-state index contributed by atoms with van der Waals surface area (Å²) in [5.74, 6) is -0.483. The van der Waals surface area contributed by atoms with Gasteiger partial charge in [-0.05, 0) is 48.4 Å². The molecule has 0 unspecified atom stereocenters. The number of ether oxygens (including phenoxy) is 1. The molecule has 30 heavy (non-hydrogen) atoms. The molecule has 1 aliphatic rings. The number of nitrogens with zero attached hydrogens (tertiary/aromatic N) is 1. The monoisotopic (exact) mass is 452 g/mol. The number of benzene rings is 2. The average molecular weight is 453 g/mol. The summed E-state index contributed by atoms with van der Waals surface area (Å²) >= 11 is 0. The molecule has 0 radical (unpaired) electrons. The standard InChI is InChI=1S/C20H24N2O6S2/c1-3-15-4-5-16(14-19(15)30(26,27)22-10-12-28-13-11-22)20(23)21-17-6-8-18(9-7-17)29(2,24)25/h4-9,14H,3,10-13H2,1-2H3,(H,21,23). The van der Waals surface area contributed by atoms with Crippen LogP contribution in [0.15, 0.2) is 52.3 Å². The van der Waals surface area contributed by atoms with Crippen LogP contribution in [0.3, 0.4) is 0 Å². The molecule has 0 saturated carbocycles. The average Bonchev–Trinajstić information content (AvgIpc) is 2.73. The SMILES string of the molecule is CCc1ccc(C(=O)Nc2ccc(S(C)(=O)=O)cc2)cc1S(=O)(=O)N1CCOCC1. The molecule has 1 fully saturated rings. The topological polar surface area (TPSA) is 110 Å². The maximum absolute atomic E-state index is 13.1. The van der Waals surface area contributed by atoms with E-state index in [4.69, 9.17) is 4.74 Å². The van der Waals surface area contributed by atoms with Gasteiger partial charge in [0.25, 0.3) is 5.91 Å². The number of sulfone groups is 1. The van der Waals surface area contributed by atoms with Gasteiger partial charge in [-0.3, -0.25) is 4.79 Å². The van der Waals surface area contributed by atoms with Crippen LogP contribution in [0.1, 0.15) is 22.8 Å². The Bertz CT molecular complexity index is 1140.